The number of rotatable bonds is 8. The number of methoxy groups -OCH3 is 1. The standard InChI is InChI=1S/C12H19NO3S/c1-15-12(14)4-3-7-13-8-10-5-6-11(16-10)9-17-2/h5-6,13H,3-4,7-9H2,1-2H3. The third-order valence-corrected chi connectivity index (χ3v) is 2.84. The first-order valence-electron chi connectivity index (χ1n) is 5.60. The van der Waals surface area contributed by atoms with E-state index in [1.807, 2.05) is 18.4 Å². The lowest BCUT2D eigenvalue weighted by Gasteiger charge is -2.02. The summed E-state index contributed by atoms with van der Waals surface area (Å²) in [6.45, 7) is 1.49. The zero-order chi connectivity index (χ0) is 12.5. The molecule has 1 N–H and O–H groups in total. The first-order chi connectivity index (χ1) is 8.26. The van der Waals surface area contributed by atoms with Crippen molar-refractivity contribution in [3.8, 4) is 0 Å². The number of carbonyl (C=O) groups is 1. The molecular formula is C12H19NO3S. The molecule has 0 unspecified atom stereocenters. The molecule has 1 aromatic heterocycles. The SMILES string of the molecule is COC(=O)CCCNCc1ccc(CSC)o1. The smallest absolute Gasteiger partial charge is 0.305 e. The molecule has 0 fully saturated rings. The summed E-state index contributed by atoms with van der Waals surface area (Å²) in [4.78, 5) is 10.8. The zero-order valence-electron chi connectivity index (χ0n) is 10.3. The van der Waals surface area contributed by atoms with E-state index in [1.165, 1.54) is 7.11 Å². The molecule has 1 heterocycles. The van der Waals surface area contributed by atoms with Crippen molar-refractivity contribution < 1.29 is 13.9 Å². The number of esters is 1. The lowest BCUT2D eigenvalue weighted by Crippen LogP contribution is -2.15. The van der Waals surface area contributed by atoms with E-state index in [1.54, 1.807) is 11.8 Å². The van der Waals surface area contributed by atoms with E-state index < -0.39 is 0 Å². The molecule has 0 spiro atoms. The zero-order valence-corrected chi connectivity index (χ0v) is 11.1. The Kier molecular flexibility index (Phi) is 6.81. The van der Waals surface area contributed by atoms with Gasteiger partial charge in [0.25, 0.3) is 0 Å². The van der Waals surface area contributed by atoms with Gasteiger partial charge < -0.3 is 14.5 Å². The normalized spacial score (nSPS) is 10.5. The fraction of sp³-hybridized carbons (Fsp3) is 0.583. The van der Waals surface area contributed by atoms with Crippen LogP contribution in [0.2, 0.25) is 0 Å². The fourth-order valence-corrected chi connectivity index (χ4v) is 1.85. The largest absolute Gasteiger partial charge is 0.469 e. The van der Waals surface area contributed by atoms with Gasteiger partial charge in [-0.05, 0) is 31.4 Å². The second-order valence-electron chi connectivity index (χ2n) is 3.66. The van der Waals surface area contributed by atoms with Crippen molar-refractivity contribution >= 4 is 17.7 Å². The molecule has 0 bridgehead atoms. The van der Waals surface area contributed by atoms with Crippen LogP contribution < -0.4 is 5.32 Å². The minimum Gasteiger partial charge on any atom is -0.469 e. The van der Waals surface area contributed by atoms with Crippen molar-refractivity contribution in [2.75, 3.05) is 19.9 Å². The van der Waals surface area contributed by atoms with E-state index in [0.29, 0.717) is 13.0 Å². The van der Waals surface area contributed by atoms with Gasteiger partial charge in [-0.25, -0.2) is 0 Å². The van der Waals surface area contributed by atoms with Crippen LogP contribution in [0.3, 0.4) is 0 Å². The van der Waals surface area contributed by atoms with Crippen LogP contribution in [-0.4, -0.2) is 25.9 Å². The Balaban J connectivity index is 2.11. The Morgan fingerprint density at radius 2 is 2.24 bits per heavy atom. The second kappa shape index (κ2) is 8.20. The molecule has 0 aliphatic rings. The Bertz CT molecular complexity index is 338. The van der Waals surface area contributed by atoms with Crippen LogP contribution in [0.5, 0.6) is 0 Å². The molecule has 96 valence electrons. The molecule has 0 aliphatic heterocycles. The van der Waals surface area contributed by atoms with Crippen molar-refractivity contribution in [1.82, 2.24) is 5.32 Å². The van der Waals surface area contributed by atoms with Crippen LogP contribution in [0.25, 0.3) is 0 Å². The fourth-order valence-electron chi connectivity index (χ4n) is 1.41. The molecular weight excluding hydrogens is 238 g/mol. The number of thioether (sulfide) groups is 1. The monoisotopic (exact) mass is 257 g/mol. The first-order valence-corrected chi connectivity index (χ1v) is 6.99. The van der Waals surface area contributed by atoms with Crippen LogP contribution in [-0.2, 0) is 21.8 Å². The highest BCUT2D eigenvalue weighted by atomic mass is 32.2. The van der Waals surface area contributed by atoms with Crippen molar-refractivity contribution in [3.63, 3.8) is 0 Å². The molecule has 0 saturated heterocycles. The topological polar surface area (TPSA) is 51.5 Å². The lowest BCUT2D eigenvalue weighted by molar-refractivity contribution is -0.140. The highest BCUT2D eigenvalue weighted by Gasteiger charge is 2.02. The second-order valence-corrected chi connectivity index (χ2v) is 4.52. The molecule has 0 aliphatic carbocycles. The van der Waals surface area contributed by atoms with Gasteiger partial charge >= 0.3 is 5.97 Å². The molecule has 5 heteroatoms. The van der Waals surface area contributed by atoms with Gasteiger partial charge in [-0.1, -0.05) is 0 Å². The summed E-state index contributed by atoms with van der Waals surface area (Å²) in [5.41, 5.74) is 0. The van der Waals surface area contributed by atoms with Gasteiger partial charge in [-0.3, -0.25) is 4.79 Å². The molecule has 4 nitrogen and oxygen atoms in total. The maximum absolute atomic E-state index is 10.8. The average Bonchev–Trinajstić information content (AvgIpc) is 2.76. The van der Waals surface area contributed by atoms with Crippen LogP contribution in [0, 0.1) is 0 Å². The van der Waals surface area contributed by atoms with E-state index >= 15 is 0 Å². The minimum atomic E-state index is -0.160. The van der Waals surface area contributed by atoms with Gasteiger partial charge in [0.05, 0.1) is 19.4 Å². The van der Waals surface area contributed by atoms with Crippen molar-refractivity contribution in [2.24, 2.45) is 0 Å². The summed E-state index contributed by atoms with van der Waals surface area (Å²) in [6.07, 6.45) is 3.29. The number of ether oxygens (including phenoxy) is 1. The molecule has 0 saturated carbocycles. The van der Waals surface area contributed by atoms with E-state index in [0.717, 1.165) is 30.2 Å². The molecule has 0 amide bonds. The highest BCUT2D eigenvalue weighted by Crippen LogP contribution is 2.13. The van der Waals surface area contributed by atoms with Gasteiger partial charge in [-0.2, -0.15) is 11.8 Å². The predicted octanol–water partition coefficient (Wildman–Crippen LogP) is 2.19. The van der Waals surface area contributed by atoms with Crippen LogP contribution in [0.4, 0.5) is 0 Å². The summed E-state index contributed by atoms with van der Waals surface area (Å²) in [5, 5.41) is 3.23. The Labute approximate surface area is 106 Å². The predicted molar refractivity (Wildman–Crippen MR) is 68.9 cm³/mol. The third kappa shape index (κ3) is 5.79. The molecule has 1 aromatic rings. The molecule has 0 atom stereocenters. The number of hydrogen-bond acceptors (Lipinski definition) is 5. The third-order valence-electron chi connectivity index (χ3n) is 2.27. The van der Waals surface area contributed by atoms with Gasteiger partial charge in [0.15, 0.2) is 0 Å². The highest BCUT2D eigenvalue weighted by molar-refractivity contribution is 7.97. The Morgan fingerprint density at radius 1 is 1.47 bits per heavy atom. The van der Waals surface area contributed by atoms with E-state index in [9.17, 15) is 4.79 Å². The quantitative estimate of drug-likeness (QED) is 0.571. The summed E-state index contributed by atoms with van der Waals surface area (Å²) < 4.78 is 10.2. The van der Waals surface area contributed by atoms with Crippen LogP contribution >= 0.6 is 11.8 Å². The number of hydrogen-bond donors (Lipinski definition) is 1. The first kappa shape index (κ1) is 14.1. The minimum absolute atomic E-state index is 0.160. The van der Waals surface area contributed by atoms with Gasteiger partial charge in [0, 0.05) is 6.42 Å². The van der Waals surface area contributed by atoms with Gasteiger partial charge in [0.1, 0.15) is 11.5 Å². The summed E-state index contributed by atoms with van der Waals surface area (Å²) >= 11 is 1.74. The maximum atomic E-state index is 10.8. The Hall–Kier alpha value is -0.940. The van der Waals surface area contributed by atoms with Gasteiger partial charge in [-0.15, -0.1) is 0 Å². The van der Waals surface area contributed by atoms with Crippen molar-refractivity contribution in [3.05, 3.63) is 23.7 Å². The molecule has 1 rings (SSSR count). The lowest BCUT2D eigenvalue weighted by atomic mass is 10.3. The molecule has 17 heavy (non-hydrogen) atoms. The summed E-state index contributed by atoms with van der Waals surface area (Å²) in [7, 11) is 1.41. The average molecular weight is 257 g/mol. The van der Waals surface area contributed by atoms with Crippen molar-refractivity contribution in [1.29, 1.82) is 0 Å². The van der Waals surface area contributed by atoms with Gasteiger partial charge in [0.2, 0.25) is 0 Å². The molecule has 0 radical (unpaired) electrons. The number of nitrogens with one attached hydrogen (secondary N) is 1. The van der Waals surface area contributed by atoms with Crippen LogP contribution in [0.1, 0.15) is 24.4 Å². The van der Waals surface area contributed by atoms with E-state index in [2.05, 4.69) is 10.1 Å². The van der Waals surface area contributed by atoms with E-state index in [-0.39, 0.29) is 5.97 Å². The summed E-state index contributed by atoms with van der Waals surface area (Å²) in [6, 6.07) is 3.99. The maximum Gasteiger partial charge on any atom is 0.305 e. The van der Waals surface area contributed by atoms with Crippen LogP contribution in [0.15, 0.2) is 16.5 Å². The number of carbonyl (C=O) groups excluding carboxylic acids is 1. The summed E-state index contributed by atoms with van der Waals surface area (Å²) in [5.74, 6) is 2.69. The number of furan rings is 1. The van der Waals surface area contributed by atoms with E-state index in [4.69, 9.17) is 4.42 Å². The Morgan fingerprint density at radius 3 is 2.94 bits per heavy atom. The molecule has 0 aromatic carbocycles. The van der Waals surface area contributed by atoms with Crippen molar-refractivity contribution in [2.45, 2.75) is 25.1 Å².